The van der Waals surface area contributed by atoms with Gasteiger partial charge in [-0.3, -0.25) is 9.59 Å². The van der Waals surface area contributed by atoms with Gasteiger partial charge in [-0.05, 0) is 81.6 Å². The van der Waals surface area contributed by atoms with E-state index >= 15 is 0 Å². The van der Waals surface area contributed by atoms with Crippen molar-refractivity contribution in [2.45, 2.75) is 59.3 Å². The van der Waals surface area contributed by atoms with E-state index in [1.807, 2.05) is 24.3 Å². The molecule has 0 atom stereocenters. The van der Waals surface area contributed by atoms with Gasteiger partial charge in [-0.15, -0.1) is 0 Å². The second-order valence-electron chi connectivity index (χ2n) is 12.1. The normalized spacial score (nSPS) is 20.9. The summed E-state index contributed by atoms with van der Waals surface area (Å²) >= 11 is 7.20. The lowest BCUT2D eigenvalue weighted by Gasteiger charge is -2.49. The molecule has 0 N–H and O–H groups in total. The maximum absolute atomic E-state index is 14.0. The third-order valence-corrected chi connectivity index (χ3v) is 8.90. The fraction of sp³-hybridized carbons (Fsp3) is 0.419. The van der Waals surface area contributed by atoms with Gasteiger partial charge in [-0.1, -0.05) is 43.6 Å². The van der Waals surface area contributed by atoms with Gasteiger partial charge in [0.15, 0.2) is 23.1 Å². The first-order valence-corrected chi connectivity index (χ1v) is 14.4. The zero-order valence-corrected chi connectivity index (χ0v) is 25.9. The van der Waals surface area contributed by atoms with Crippen molar-refractivity contribution in [1.29, 1.82) is 0 Å². The highest BCUT2D eigenvalue weighted by molar-refractivity contribution is 9.10. The molecular weight excluding hydrogens is 610 g/mol. The predicted molar refractivity (Wildman–Crippen MR) is 157 cm³/mol. The molecule has 7 heteroatoms. The van der Waals surface area contributed by atoms with E-state index in [9.17, 15) is 9.59 Å². The summed E-state index contributed by atoms with van der Waals surface area (Å²) in [4.78, 5) is 30.3. The van der Waals surface area contributed by atoms with Gasteiger partial charge in [-0.2, -0.15) is 0 Å². The number of carbonyl (C=O) groups is 2. The van der Waals surface area contributed by atoms with Crippen LogP contribution in [0.5, 0.6) is 11.5 Å². The molecule has 1 aliphatic heterocycles. The lowest BCUT2D eigenvalue weighted by Crippen LogP contribution is -2.44. The van der Waals surface area contributed by atoms with Crippen molar-refractivity contribution >= 4 is 49.1 Å². The van der Waals surface area contributed by atoms with Gasteiger partial charge in [0, 0.05) is 51.5 Å². The maximum Gasteiger partial charge on any atom is 0.174 e. The second-order valence-corrected chi connectivity index (χ2v) is 13.9. The molecule has 38 heavy (non-hydrogen) atoms. The monoisotopic (exact) mass is 641 g/mol. The Morgan fingerprint density at radius 1 is 0.789 bits per heavy atom. The van der Waals surface area contributed by atoms with Crippen LogP contribution in [0.1, 0.15) is 64.9 Å². The van der Waals surface area contributed by atoms with E-state index < -0.39 is 5.92 Å². The van der Waals surface area contributed by atoms with Crippen LogP contribution in [-0.4, -0.2) is 25.8 Å². The van der Waals surface area contributed by atoms with Gasteiger partial charge in [0.2, 0.25) is 0 Å². The molecule has 0 radical (unpaired) electrons. The first-order chi connectivity index (χ1) is 17.9. The minimum absolute atomic E-state index is 0.0958. The number of rotatable bonds is 4. The van der Waals surface area contributed by atoms with E-state index in [1.54, 1.807) is 14.2 Å². The number of Topliss-reactive ketones (excluding diaryl/α,β-unsaturated/α-hetero) is 2. The number of ketones is 2. The van der Waals surface area contributed by atoms with Crippen LogP contribution in [0, 0.1) is 10.8 Å². The van der Waals surface area contributed by atoms with Crippen molar-refractivity contribution in [3.63, 3.8) is 0 Å². The van der Waals surface area contributed by atoms with Crippen LogP contribution in [0.3, 0.4) is 0 Å². The molecule has 2 aromatic carbocycles. The average Bonchev–Trinajstić information content (AvgIpc) is 2.81. The van der Waals surface area contributed by atoms with Crippen LogP contribution >= 0.6 is 31.9 Å². The number of methoxy groups -OCH3 is 2. The Bertz CT molecular complexity index is 1350. The third-order valence-electron chi connectivity index (χ3n) is 7.78. The number of anilines is 1. The molecule has 0 fully saturated rings. The highest BCUT2D eigenvalue weighted by Crippen LogP contribution is 2.56. The molecule has 0 amide bonds. The molecular formula is C31H33Br2NO4. The Hall–Kier alpha value is -2.38. The summed E-state index contributed by atoms with van der Waals surface area (Å²) < 4.78 is 12.9. The van der Waals surface area contributed by atoms with Crippen LogP contribution in [0.25, 0.3) is 0 Å². The lowest BCUT2D eigenvalue weighted by molar-refractivity contribution is -0.119. The molecule has 2 aromatic rings. The van der Waals surface area contributed by atoms with Crippen LogP contribution in [0.4, 0.5) is 5.69 Å². The molecule has 5 rings (SSSR count). The van der Waals surface area contributed by atoms with Crippen LogP contribution in [0.15, 0.2) is 67.9 Å². The molecule has 2 aliphatic carbocycles. The SMILES string of the molecule is COc1cc(C2C3=C(CC(C)(C)CC3=O)N(c3ccc(Br)cc3)C3=C2C(=O)CC(C)(C)C3)cc(Br)c1OC. The summed E-state index contributed by atoms with van der Waals surface area (Å²) in [6, 6.07) is 12.0. The van der Waals surface area contributed by atoms with E-state index in [2.05, 4.69) is 76.6 Å². The van der Waals surface area contributed by atoms with Gasteiger partial charge in [0.25, 0.3) is 0 Å². The minimum atomic E-state index is -0.463. The first kappa shape index (κ1) is 27.2. The largest absolute Gasteiger partial charge is 0.493 e. The zero-order valence-electron chi connectivity index (χ0n) is 22.7. The summed E-state index contributed by atoms with van der Waals surface area (Å²) in [5.41, 5.74) is 4.86. The molecule has 1 heterocycles. The fourth-order valence-electron chi connectivity index (χ4n) is 6.30. The van der Waals surface area contributed by atoms with Crippen molar-refractivity contribution < 1.29 is 19.1 Å². The summed E-state index contributed by atoms with van der Waals surface area (Å²) in [6.07, 6.45) is 2.35. The van der Waals surface area contributed by atoms with Crippen molar-refractivity contribution in [3.8, 4) is 11.5 Å². The molecule has 0 spiro atoms. The van der Waals surface area contributed by atoms with Crippen molar-refractivity contribution in [3.05, 3.63) is 73.4 Å². The quantitative estimate of drug-likeness (QED) is 0.337. The first-order valence-electron chi connectivity index (χ1n) is 12.9. The van der Waals surface area contributed by atoms with E-state index in [-0.39, 0.29) is 22.4 Å². The van der Waals surface area contributed by atoms with E-state index in [1.165, 1.54) is 0 Å². The smallest absolute Gasteiger partial charge is 0.174 e. The topological polar surface area (TPSA) is 55.8 Å². The maximum atomic E-state index is 14.0. The lowest BCUT2D eigenvalue weighted by atomic mass is 9.63. The van der Waals surface area contributed by atoms with E-state index in [0.717, 1.165) is 55.6 Å². The number of allylic oxidation sites excluding steroid dienone is 4. The van der Waals surface area contributed by atoms with E-state index in [4.69, 9.17) is 9.47 Å². The molecule has 0 bridgehead atoms. The molecule has 0 saturated heterocycles. The van der Waals surface area contributed by atoms with Gasteiger partial charge in [-0.25, -0.2) is 0 Å². The van der Waals surface area contributed by atoms with Crippen molar-refractivity contribution in [2.24, 2.45) is 10.8 Å². The van der Waals surface area contributed by atoms with Crippen molar-refractivity contribution in [2.75, 3.05) is 19.1 Å². The third kappa shape index (κ3) is 4.66. The number of benzene rings is 2. The van der Waals surface area contributed by atoms with Gasteiger partial charge < -0.3 is 14.4 Å². The Balaban J connectivity index is 1.84. The Morgan fingerprint density at radius 2 is 1.32 bits per heavy atom. The number of hydrogen-bond acceptors (Lipinski definition) is 5. The van der Waals surface area contributed by atoms with Gasteiger partial charge >= 0.3 is 0 Å². The summed E-state index contributed by atoms with van der Waals surface area (Å²) in [6.45, 7) is 8.60. The minimum Gasteiger partial charge on any atom is -0.493 e. The molecule has 0 saturated carbocycles. The van der Waals surface area contributed by atoms with Crippen LogP contribution < -0.4 is 14.4 Å². The number of nitrogens with zero attached hydrogens (tertiary/aromatic N) is 1. The van der Waals surface area contributed by atoms with Crippen molar-refractivity contribution in [1.82, 2.24) is 0 Å². The Labute approximate surface area is 241 Å². The van der Waals surface area contributed by atoms with Gasteiger partial charge in [0.05, 0.1) is 18.7 Å². The summed E-state index contributed by atoms with van der Waals surface area (Å²) in [5, 5.41) is 0. The highest BCUT2D eigenvalue weighted by Gasteiger charge is 2.49. The highest BCUT2D eigenvalue weighted by atomic mass is 79.9. The standard InChI is InChI=1S/C31H33Br2NO4/c1-30(2)13-21-27(23(35)15-30)26(17-11-20(33)29(38-6)25(12-17)37-5)28-22(14-31(3,4)16-24(28)36)34(21)19-9-7-18(32)8-10-19/h7-12,26H,13-16H2,1-6H3. The summed E-state index contributed by atoms with van der Waals surface area (Å²) in [7, 11) is 3.20. The fourth-order valence-corrected chi connectivity index (χ4v) is 7.19. The van der Waals surface area contributed by atoms with Gasteiger partial charge in [0.1, 0.15) is 0 Å². The molecule has 5 nitrogen and oxygen atoms in total. The van der Waals surface area contributed by atoms with E-state index in [0.29, 0.717) is 24.3 Å². The molecule has 0 aromatic heterocycles. The number of ether oxygens (including phenoxy) is 2. The van der Waals surface area contributed by atoms with Crippen LogP contribution in [-0.2, 0) is 9.59 Å². The Morgan fingerprint density at radius 3 is 1.79 bits per heavy atom. The number of halogens is 2. The Kier molecular flexibility index (Phi) is 6.92. The number of carbonyl (C=O) groups excluding carboxylic acids is 2. The molecule has 200 valence electrons. The summed E-state index contributed by atoms with van der Waals surface area (Å²) in [5.74, 6) is 0.870. The number of hydrogen-bond donors (Lipinski definition) is 0. The van der Waals surface area contributed by atoms with Crippen LogP contribution in [0.2, 0.25) is 0 Å². The molecule has 3 aliphatic rings. The predicted octanol–water partition coefficient (Wildman–Crippen LogP) is 8.12. The second kappa shape index (κ2) is 9.67. The molecule has 0 unspecified atom stereocenters. The zero-order chi connectivity index (χ0) is 27.6. The average molecular weight is 643 g/mol.